The summed E-state index contributed by atoms with van der Waals surface area (Å²) in [7, 11) is 1.75. The highest BCUT2D eigenvalue weighted by Crippen LogP contribution is 2.38. The lowest BCUT2D eigenvalue weighted by atomic mass is 9.93. The lowest BCUT2D eigenvalue weighted by molar-refractivity contribution is -0.127. The van der Waals surface area contributed by atoms with Gasteiger partial charge in [0.25, 0.3) is 0 Å². The molecule has 0 spiro atoms. The minimum Gasteiger partial charge on any atom is -0.338 e. The van der Waals surface area contributed by atoms with Gasteiger partial charge in [0.05, 0.1) is 12.0 Å². The Labute approximate surface area is 186 Å². The van der Waals surface area contributed by atoms with Gasteiger partial charge in [-0.25, -0.2) is 0 Å². The first-order valence-electron chi connectivity index (χ1n) is 10.2. The van der Waals surface area contributed by atoms with Crippen molar-refractivity contribution in [3.05, 3.63) is 64.7 Å². The molecule has 2 saturated heterocycles. The van der Waals surface area contributed by atoms with E-state index in [0.29, 0.717) is 5.02 Å². The molecule has 2 amide bonds. The summed E-state index contributed by atoms with van der Waals surface area (Å²) in [5.74, 6) is 1.72. The van der Waals surface area contributed by atoms with E-state index < -0.39 is 5.92 Å². The number of carbonyl (C=O) groups is 2. The molecule has 2 heterocycles. The molecule has 2 aromatic carbocycles. The van der Waals surface area contributed by atoms with Gasteiger partial charge < -0.3 is 10.2 Å². The topological polar surface area (TPSA) is 52.7 Å². The highest BCUT2D eigenvalue weighted by Gasteiger charge is 2.42. The molecule has 0 aromatic heterocycles. The van der Waals surface area contributed by atoms with Crippen LogP contribution in [0.25, 0.3) is 0 Å². The van der Waals surface area contributed by atoms with Crippen LogP contribution in [0.15, 0.2) is 48.5 Å². The molecule has 2 aromatic rings. The molecular weight excluding hydrogens is 418 g/mol. The molecular formula is C23H26ClN3O2S. The van der Waals surface area contributed by atoms with Crippen LogP contribution in [0, 0.1) is 5.92 Å². The standard InChI is InChI=1S/C23H26ClN3O2S/c1-26-21(28)14-20(22(26)17-5-3-6-18(24)13-17)23(29)25-19-7-2-4-16(12-19)15-27-8-10-30-11-9-27/h2-7,12-13,20,22H,8-11,14-15H2,1H3,(H,25,29). The summed E-state index contributed by atoms with van der Waals surface area (Å²) in [4.78, 5) is 29.6. The smallest absolute Gasteiger partial charge is 0.230 e. The maximum atomic E-state index is 13.1. The van der Waals surface area contributed by atoms with Crippen LogP contribution < -0.4 is 5.32 Å². The summed E-state index contributed by atoms with van der Waals surface area (Å²) in [6.07, 6.45) is 0.199. The second-order valence-corrected chi connectivity index (χ2v) is 9.55. The normalized spacial score (nSPS) is 22.3. The monoisotopic (exact) mass is 443 g/mol. The molecule has 2 atom stereocenters. The molecule has 7 heteroatoms. The quantitative estimate of drug-likeness (QED) is 0.757. The summed E-state index contributed by atoms with van der Waals surface area (Å²) in [5.41, 5.74) is 2.84. The van der Waals surface area contributed by atoms with Gasteiger partial charge in [-0.2, -0.15) is 11.8 Å². The van der Waals surface area contributed by atoms with Gasteiger partial charge in [-0.1, -0.05) is 35.9 Å². The largest absolute Gasteiger partial charge is 0.338 e. The number of thioether (sulfide) groups is 1. The number of carbonyl (C=O) groups excluding carboxylic acids is 2. The number of anilines is 1. The maximum Gasteiger partial charge on any atom is 0.230 e. The first kappa shape index (κ1) is 21.2. The average molecular weight is 444 g/mol. The van der Waals surface area contributed by atoms with Crippen LogP contribution >= 0.6 is 23.4 Å². The van der Waals surface area contributed by atoms with Gasteiger partial charge in [0.1, 0.15) is 0 Å². The Bertz CT molecular complexity index is 932. The third-order valence-electron chi connectivity index (χ3n) is 5.82. The predicted octanol–water partition coefficient (Wildman–Crippen LogP) is 4.05. The number of halogens is 1. The van der Waals surface area contributed by atoms with Crippen molar-refractivity contribution in [3.8, 4) is 0 Å². The van der Waals surface area contributed by atoms with Crippen LogP contribution in [0.3, 0.4) is 0 Å². The summed E-state index contributed by atoms with van der Waals surface area (Å²) in [5, 5.41) is 3.64. The van der Waals surface area contributed by atoms with Gasteiger partial charge in [-0.05, 0) is 35.4 Å². The number of hydrogen-bond donors (Lipinski definition) is 1. The number of hydrogen-bond acceptors (Lipinski definition) is 4. The van der Waals surface area contributed by atoms with Crippen molar-refractivity contribution in [2.24, 2.45) is 5.92 Å². The highest BCUT2D eigenvalue weighted by molar-refractivity contribution is 7.99. The number of benzene rings is 2. The minimum absolute atomic E-state index is 0.0307. The van der Waals surface area contributed by atoms with Gasteiger partial charge in [-0.3, -0.25) is 14.5 Å². The molecule has 0 aliphatic carbocycles. The second kappa shape index (κ2) is 9.41. The Kier molecular flexibility index (Phi) is 6.66. The van der Waals surface area contributed by atoms with Gasteiger partial charge in [0, 0.05) is 55.3 Å². The molecule has 1 N–H and O–H groups in total. The zero-order valence-electron chi connectivity index (χ0n) is 17.0. The Hall–Kier alpha value is -2.02. The van der Waals surface area contributed by atoms with Gasteiger partial charge in [0.2, 0.25) is 11.8 Å². The molecule has 0 bridgehead atoms. The van der Waals surface area contributed by atoms with Crippen molar-refractivity contribution < 1.29 is 9.59 Å². The van der Waals surface area contributed by atoms with E-state index in [1.807, 2.05) is 48.2 Å². The summed E-state index contributed by atoms with van der Waals surface area (Å²) < 4.78 is 0. The van der Waals surface area contributed by atoms with Crippen LogP contribution in [-0.2, 0) is 16.1 Å². The van der Waals surface area contributed by atoms with E-state index in [1.54, 1.807) is 18.0 Å². The van der Waals surface area contributed by atoms with Gasteiger partial charge in [-0.15, -0.1) is 0 Å². The Morgan fingerprint density at radius 1 is 1.17 bits per heavy atom. The fraction of sp³-hybridized carbons (Fsp3) is 0.391. The van der Waals surface area contributed by atoms with E-state index in [4.69, 9.17) is 11.6 Å². The van der Waals surface area contributed by atoms with Crippen LogP contribution in [0.4, 0.5) is 5.69 Å². The molecule has 2 aliphatic rings. The van der Waals surface area contributed by atoms with E-state index in [9.17, 15) is 9.59 Å². The first-order valence-corrected chi connectivity index (χ1v) is 11.8. The van der Waals surface area contributed by atoms with Crippen LogP contribution in [0.5, 0.6) is 0 Å². The minimum atomic E-state index is -0.455. The van der Waals surface area contributed by atoms with Crippen molar-refractivity contribution in [2.75, 3.05) is 37.0 Å². The number of rotatable bonds is 5. The SMILES string of the molecule is CN1C(=O)CC(C(=O)Nc2cccc(CN3CCSCC3)c2)C1c1cccc(Cl)c1. The molecule has 5 nitrogen and oxygen atoms in total. The zero-order valence-corrected chi connectivity index (χ0v) is 18.6. The molecule has 0 radical (unpaired) electrons. The van der Waals surface area contributed by atoms with Crippen LogP contribution in [0.1, 0.15) is 23.6 Å². The van der Waals surface area contributed by atoms with Crippen molar-refractivity contribution in [1.82, 2.24) is 9.80 Å². The molecule has 2 fully saturated rings. The third-order valence-corrected chi connectivity index (χ3v) is 7.00. The molecule has 30 heavy (non-hydrogen) atoms. The van der Waals surface area contributed by atoms with Crippen molar-refractivity contribution >= 4 is 40.9 Å². The van der Waals surface area contributed by atoms with Crippen molar-refractivity contribution in [1.29, 1.82) is 0 Å². The number of amides is 2. The Morgan fingerprint density at radius 2 is 1.93 bits per heavy atom. The van der Waals surface area contributed by atoms with Crippen LogP contribution in [0.2, 0.25) is 5.02 Å². The fourth-order valence-electron chi connectivity index (χ4n) is 4.25. The van der Waals surface area contributed by atoms with Gasteiger partial charge >= 0.3 is 0 Å². The fourth-order valence-corrected chi connectivity index (χ4v) is 5.43. The number of nitrogens with one attached hydrogen (secondary N) is 1. The summed E-state index contributed by atoms with van der Waals surface area (Å²) in [6, 6.07) is 15.1. The van der Waals surface area contributed by atoms with E-state index in [2.05, 4.69) is 16.3 Å². The lowest BCUT2D eigenvalue weighted by Crippen LogP contribution is -2.32. The van der Waals surface area contributed by atoms with E-state index in [-0.39, 0.29) is 24.3 Å². The van der Waals surface area contributed by atoms with Crippen molar-refractivity contribution in [3.63, 3.8) is 0 Å². The van der Waals surface area contributed by atoms with E-state index >= 15 is 0 Å². The van der Waals surface area contributed by atoms with Crippen molar-refractivity contribution in [2.45, 2.75) is 19.0 Å². The molecule has 2 unspecified atom stereocenters. The number of likely N-dealkylation sites (tertiary alicyclic amines) is 1. The van der Waals surface area contributed by atoms with Gasteiger partial charge in [0.15, 0.2) is 0 Å². The second-order valence-electron chi connectivity index (χ2n) is 7.89. The summed E-state index contributed by atoms with van der Waals surface area (Å²) in [6.45, 7) is 3.08. The zero-order chi connectivity index (χ0) is 21.1. The number of nitrogens with zero attached hydrogens (tertiary/aromatic N) is 2. The maximum absolute atomic E-state index is 13.1. The first-order chi connectivity index (χ1) is 14.5. The molecule has 0 saturated carbocycles. The lowest BCUT2D eigenvalue weighted by Gasteiger charge is -2.26. The highest BCUT2D eigenvalue weighted by atomic mass is 35.5. The van der Waals surface area contributed by atoms with E-state index in [0.717, 1.165) is 30.9 Å². The molecule has 158 valence electrons. The predicted molar refractivity (Wildman–Crippen MR) is 123 cm³/mol. The van der Waals surface area contributed by atoms with Crippen LogP contribution in [-0.4, -0.2) is 53.3 Å². The Balaban J connectivity index is 1.48. The Morgan fingerprint density at radius 3 is 2.70 bits per heavy atom. The average Bonchev–Trinajstić information content (AvgIpc) is 3.04. The summed E-state index contributed by atoms with van der Waals surface area (Å²) >= 11 is 8.15. The third kappa shape index (κ3) is 4.82. The molecule has 2 aliphatic heterocycles. The van der Waals surface area contributed by atoms with E-state index in [1.165, 1.54) is 17.1 Å². The molecule has 4 rings (SSSR count).